The Kier molecular flexibility index (Phi) is 13.3. The molecular weight excluding hydrogens is 306 g/mol. The number of carbonyl (C=O) groups is 1. The third kappa shape index (κ3) is 10.3. The number of carboxylic acid groups (broad SMARTS) is 1. The van der Waals surface area contributed by atoms with Gasteiger partial charge in [0.05, 0.1) is 14.1 Å². The topological polar surface area (TPSA) is 66.8 Å². The number of nitrogens with zero attached hydrogens (tertiary/aromatic N) is 1. The fourth-order valence-corrected chi connectivity index (χ4v) is 3.10. The average molecular weight is 347 g/mol. The molecule has 0 radical (unpaired) electrons. The van der Waals surface area contributed by atoms with Crippen LogP contribution in [0.5, 0.6) is 0 Å². The van der Waals surface area contributed by atoms with Crippen molar-refractivity contribution in [3.8, 4) is 0 Å². The van der Waals surface area contributed by atoms with Gasteiger partial charge in [0, 0.05) is 13.0 Å². The summed E-state index contributed by atoms with van der Waals surface area (Å²) in [7, 11) is 3.62. The maximum atomic E-state index is 11.5. The van der Waals surface area contributed by atoms with Crippen LogP contribution in [-0.2, 0) is 9.63 Å². The monoisotopic (exact) mass is 346 g/mol. The number of rotatable bonds is 16. The zero-order valence-electron chi connectivity index (χ0n) is 16.3. The van der Waals surface area contributed by atoms with E-state index < -0.39 is 12.0 Å². The molecule has 0 bridgehead atoms. The third-order valence-corrected chi connectivity index (χ3v) is 4.68. The number of aliphatic carboxylic acids is 1. The molecule has 0 rings (SSSR count). The number of likely N-dealkylation sites (N-methyl/N-ethyl adjacent to an activating group) is 1. The van der Waals surface area contributed by atoms with Gasteiger partial charge in [-0.15, -0.1) is 0 Å². The first-order chi connectivity index (χ1) is 11.4. The van der Waals surface area contributed by atoms with Crippen LogP contribution in [0, 0.1) is 0 Å². The van der Waals surface area contributed by atoms with Crippen LogP contribution >= 0.6 is 0 Å². The molecule has 0 aromatic heterocycles. The van der Waals surface area contributed by atoms with E-state index in [1.54, 1.807) is 0 Å². The number of quaternary nitrogens is 1. The largest absolute Gasteiger partial charge is 0.477 e. The summed E-state index contributed by atoms with van der Waals surface area (Å²) in [6.07, 6.45) is 11.8. The van der Waals surface area contributed by atoms with Gasteiger partial charge in [-0.1, -0.05) is 58.8 Å². The molecule has 0 amide bonds. The van der Waals surface area contributed by atoms with E-state index in [0.29, 0.717) is 12.8 Å². The molecule has 0 aromatic rings. The van der Waals surface area contributed by atoms with Gasteiger partial charge in [0.2, 0.25) is 6.04 Å². The molecule has 144 valence electrons. The van der Waals surface area contributed by atoms with Gasteiger partial charge in [0.15, 0.2) is 0 Å². The SMILES string of the molecule is CCCCCCCCCC(CC)O[N+](C)(C)[C@@H](CCCO)C(=O)O. The highest BCUT2D eigenvalue weighted by molar-refractivity contribution is 5.71. The highest BCUT2D eigenvalue weighted by Crippen LogP contribution is 2.21. The van der Waals surface area contributed by atoms with Crippen LogP contribution in [-0.4, -0.2) is 53.7 Å². The summed E-state index contributed by atoms with van der Waals surface area (Å²) in [4.78, 5) is 17.7. The zero-order chi connectivity index (χ0) is 18.4. The van der Waals surface area contributed by atoms with E-state index in [2.05, 4.69) is 13.8 Å². The minimum atomic E-state index is -0.862. The average Bonchev–Trinajstić information content (AvgIpc) is 2.52. The van der Waals surface area contributed by atoms with Gasteiger partial charge in [-0.2, -0.15) is 9.48 Å². The molecule has 0 saturated carbocycles. The Balaban J connectivity index is 4.27. The van der Waals surface area contributed by atoms with Crippen molar-refractivity contribution in [2.45, 2.75) is 96.6 Å². The zero-order valence-corrected chi connectivity index (χ0v) is 16.3. The predicted molar refractivity (Wildman–Crippen MR) is 97.6 cm³/mol. The Bertz CT molecular complexity index is 320. The van der Waals surface area contributed by atoms with Crippen molar-refractivity contribution in [3.63, 3.8) is 0 Å². The summed E-state index contributed by atoms with van der Waals surface area (Å²) in [6.45, 7) is 4.34. The molecule has 0 aromatic carbocycles. The molecular formula is C19H40NO4+. The Labute approximate surface area is 148 Å². The van der Waals surface area contributed by atoms with E-state index in [1.165, 1.54) is 38.5 Å². The quantitative estimate of drug-likeness (QED) is 0.250. The van der Waals surface area contributed by atoms with E-state index >= 15 is 0 Å². The van der Waals surface area contributed by atoms with Crippen LogP contribution in [0.1, 0.15) is 84.5 Å². The molecule has 0 heterocycles. The summed E-state index contributed by atoms with van der Waals surface area (Å²) >= 11 is 0. The van der Waals surface area contributed by atoms with Crippen molar-refractivity contribution in [1.82, 2.24) is 0 Å². The number of unbranched alkanes of at least 4 members (excludes halogenated alkanes) is 6. The first-order valence-electron chi connectivity index (χ1n) is 9.74. The smallest absolute Gasteiger partial charge is 0.365 e. The van der Waals surface area contributed by atoms with Gasteiger partial charge in [0.25, 0.3) is 0 Å². The van der Waals surface area contributed by atoms with Crippen LogP contribution in [0.3, 0.4) is 0 Å². The van der Waals surface area contributed by atoms with Gasteiger partial charge < -0.3 is 10.2 Å². The van der Waals surface area contributed by atoms with Crippen molar-refractivity contribution in [3.05, 3.63) is 0 Å². The molecule has 5 nitrogen and oxygen atoms in total. The van der Waals surface area contributed by atoms with Gasteiger partial charge in [-0.05, 0) is 19.3 Å². The first kappa shape index (κ1) is 23.4. The highest BCUT2D eigenvalue weighted by atomic mass is 16.7. The second kappa shape index (κ2) is 13.6. The van der Waals surface area contributed by atoms with Gasteiger partial charge in [-0.3, -0.25) is 0 Å². The van der Waals surface area contributed by atoms with Crippen LogP contribution in [0.4, 0.5) is 0 Å². The molecule has 0 saturated heterocycles. The molecule has 2 atom stereocenters. The summed E-state index contributed by atoms with van der Waals surface area (Å²) in [6, 6.07) is -0.639. The second-order valence-electron chi connectivity index (χ2n) is 7.20. The van der Waals surface area contributed by atoms with Crippen molar-refractivity contribution < 1.29 is 24.5 Å². The standard InChI is InChI=1S/C19H39NO4/c1-5-7-8-9-10-11-12-14-17(6-2)24-20(3,4)18(19(22)23)15-13-16-21/h17-18,21H,5-16H2,1-4H3/p+1/t17?,18-/m0/s1. The molecule has 1 unspecified atom stereocenters. The highest BCUT2D eigenvalue weighted by Gasteiger charge is 2.38. The number of hydroxylamine groups is 3. The van der Waals surface area contributed by atoms with Gasteiger partial charge in [-0.25, -0.2) is 4.79 Å². The minimum Gasteiger partial charge on any atom is -0.477 e. The lowest BCUT2D eigenvalue weighted by molar-refractivity contribution is -1.09. The van der Waals surface area contributed by atoms with Gasteiger partial charge >= 0.3 is 5.97 Å². The minimum absolute atomic E-state index is 0.0129. The molecule has 0 spiro atoms. The van der Waals surface area contributed by atoms with Crippen molar-refractivity contribution in [2.24, 2.45) is 0 Å². The third-order valence-electron chi connectivity index (χ3n) is 4.68. The van der Waals surface area contributed by atoms with Crippen LogP contribution in [0.2, 0.25) is 0 Å². The molecule has 24 heavy (non-hydrogen) atoms. The molecule has 5 heteroatoms. The summed E-state index contributed by atoms with van der Waals surface area (Å²) < 4.78 is 0.0182. The normalized spacial score (nSPS) is 14.5. The molecule has 0 aliphatic carbocycles. The Morgan fingerprint density at radius 3 is 2.04 bits per heavy atom. The Morgan fingerprint density at radius 1 is 0.958 bits per heavy atom. The number of aliphatic hydroxyl groups is 1. The fourth-order valence-electron chi connectivity index (χ4n) is 3.10. The van der Waals surface area contributed by atoms with E-state index in [4.69, 9.17) is 9.94 Å². The van der Waals surface area contributed by atoms with E-state index in [-0.39, 0.29) is 17.4 Å². The van der Waals surface area contributed by atoms with Crippen LogP contribution in [0.15, 0.2) is 0 Å². The second-order valence-corrected chi connectivity index (χ2v) is 7.20. The fraction of sp³-hybridized carbons (Fsp3) is 0.947. The van der Waals surface area contributed by atoms with E-state index in [0.717, 1.165) is 19.3 Å². The van der Waals surface area contributed by atoms with Crippen molar-refractivity contribution >= 4 is 5.97 Å². The van der Waals surface area contributed by atoms with E-state index in [1.807, 2.05) is 14.1 Å². The molecule has 2 N–H and O–H groups in total. The number of hydrogen-bond acceptors (Lipinski definition) is 3. The summed E-state index contributed by atoms with van der Waals surface area (Å²) in [5, 5.41) is 18.4. The van der Waals surface area contributed by atoms with Crippen LogP contribution < -0.4 is 0 Å². The lowest BCUT2D eigenvalue weighted by Crippen LogP contribution is -2.54. The lowest BCUT2D eigenvalue weighted by Gasteiger charge is -2.35. The Hall–Kier alpha value is -0.650. The summed E-state index contributed by atoms with van der Waals surface area (Å²) in [5.41, 5.74) is 0. The van der Waals surface area contributed by atoms with Crippen molar-refractivity contribution in [2.75, 3.05) is 20.7 Å². The predicted octanol–water partition coefficient (Wildman–Crippen LogP) is 4.14. The van der Waals surface area contributed by atoms with Crippen LogP contribution in [0.25, 0.3) is 0 Å². The van der Waals surface area contributed by atoms with E-state index in [9.17, 15) is 9.90 Å². The molecule has 0 fully saturated rings. The Morgan fingerprint density at radius 2 is 1.54 bits per heavy atom. The van der Waals surface area contributed by atoms with Crippen molar-refractivity contribution in [1.29, 1.82) is 0 Å². The number of carboxylic acids is 1. The lowest BCUT2D eigenvalue weighted by atomic mass is 10.1. The molecule has 0 aliphatic rings. The number of hydrogen-bond donors (Lipinski definition) is 2. The molecule has 0 aliphatic heterocycles. The maximum absolute atomic E-state index is 11.5. The summed E-state index contributed by atoms with van der Waals surface area (Å²) in [5.74, 6) is -0.862. The number of aliphatic hydroxyl groups excluding tert-OH is 1. The first-order valence-corrected chi connectivity index (χ1v) is 9.74. The van der Waals surface area contributed by atoms with Gasteiger partial charge in [0.1, 0.15) is 6.10 Å². The maximum Gasteiger partial charge on any atom is 0.365 e.